The van der Waals surface area contributed by atoms with Crippen LogP contribution in [0.2, 0.25) is 0 Å². The monoisotopic (exact) mass is 200 g/mol. The van der Waals surface area contributed by atoms with E-state index in [4.69, 9.17) is 9.84 Å². The summed E-state index contributed by atoms with van der Waals surface area (Å²) in [6.45, 7) is 5.23. The standard InChI is InChI=1S/C7H12N4O3/c1-7(2,3)11-9-6(8-10-11)14-4-5(12)13/h4H2,1-3H3,(H,12,13). The predicted octanol–water partition coefficient (Wildman–Crippen LogP) is -0.109. The first kappa shape index (κ1) is 10.4. The number of hydrogen-bond donors (Lipinski definition) is 1. The van der Waals surface area contributed by atoms with Gasteiger partial charge >= 0.3 is 12.0 Å². The third-order valence-electron chi connectivity index (χ3n) is 1.32. The van der Waals surface area contributed by atoms with Crippen LogP contribution in [0.25, 0.3) is 0 Å². The van der Waals surface area contributed by atoms with E-state index in [0.29, 0.717) is 0 Å². The molecule has 0 aliphatic carbocycles. The molecule has 1 aromatic heterocycles. The lowest BCUT2D eigenvalue weighted by Gasteiger charge is -2.14. The molecule has 1 aromatic rings. The molecule has 0 fully saturated rings. The summed E-state index contributed by atoms with van der Waals surface area (Å²) in [6, 6.07) is -0.0256. The van der Waals surface area contributed by atoms with Gasteiger partial charge < -0.3 is 9.84 Å². The van der Waals surface area contributed by atoms with Crippen molar-refractivity contribution in [1.82, 2.24) is 20.2 Å². The van der Waals surface area contributed by atoms with E-state index in [1.807, 2.05) is 20.8 Å². The van der Waals surface area contributed by atoms with E-state index in [9.17, 15) is 4.79 Å². The van der Waals surface area contributed by atoms with Crippen LogP contribution in [0.4, 0.5) is 0 Å². The van der Waals surface area contributed by atoms with E-state index in [1.165, 1.54) is 4.80 Å². The van der Waals surface area contributed by atoms with Gasteiger partial charge in [-0.3, -0.25) is 0 Å². The van der Waals surface area contributed by atoms with Gasteiger partial charge in [0.1, 0.15) is 0 Å². The molecule has 0 bridgehead atoms. The average Bonchev–Trinajstić information content (AvgIpc) is 2.47. The van der Waals surface area contributed by atoms with E-state index in [-0.39, 0.29) is 11.5 Å². The Labute approximate surface area is 80.7 Å². The lowest BCUT2D eigenvalue weighted by atomic mass is 10.1. The van der Waals surface area contributed by atoms with Crippen LogP contribution in [0.3, 0.4) is 0 Å². The normalized spacial score (nSPS) is 11.4. The van der Waals surface area contributed by atoms with E-state index < -0.39 is 12.6 Å². The highest BCUT2D eigenvalue weighted by Gasteiger charge is 2.17. The molecule has 0 saturated heterocycles. The molecule has 1 rings (SSSR count). The lowest BCUT2D eigenvalue weighted by Crippen LogP contribution is -2.24. The summed E-state index contributed by atoms with van der Waals surface area (Å²) in [5.74, 6) is -1.07. The highest BCUT2D eigenvalue weighted by atomic mass is 16.5. The van der Waals surface area contributed by atoms with Crippen LogP contribution in [-0.2, 0) is 10.3 Å². The van der Waals surface area contributed by atoms with Crippen LogP contribution in [0.15, 0.2) is 0 Å². The predicted molar refractivity (Wildman–Crippen MR) is 45.9 cm³/mol. The largest absolute Gasteiger partial charge is 0.479 e. The zero-order valence-corrected chi connectivity index (χ0v) is 8.26. The molecule has 7 nitrogen and oxygen atoms in total. The van der Waals surface area contributed by atoms with Gasteiger partial charge in [-0.05, 0) is 26.0 Å². The molecule has 0 amide bonds. The second-order valence-corrected chi connectivity index (χ2v) is 3.71. The van der Waals surface area contributed by atoms with Gasteiger partial charge in [0, 0.05) is 0 Å². The van der Waals surface area contributed by atoms with E-state index in [1.54, 1.807) is 0 Å². The summed E-state index contributed by atoms with van der Waals surface area (Å²) < 4.78 is 4.74. The van der Waals surface area contributed by atoms with Crippen LogP contribution >= 0.6 is 0 Å². The molecule has 1 N–H and O–H groups in total. The number of ether oxygens (including phenoxy) is 1. The van der Waals surface area contributed by atoms with Crippen molar-refractivity contribution in [3.8, 4) is 6.01 Å². The Morgan fingerprint density at radius 2 is 2.21 bits per heavy atom. The molecule has 14 heavy (non-hydrogen) atoms. The second kappa shape index (κ2) is 3.60. The molecule has 0 spiro atoms. The molecule has 0 aliphatic heterocycles. The van der Waals surface area contributed by atoms with Gasteiger partial charge in [-0.15, -0.1) is 0 Å². The molecular weight excluding hydrogens is 188 g/mol. The van der Waals surface area contributed by atoms with Gasteiger partial charge in [-0.2, -0.15) is 4.80 Å². The highest BCUT2D eigenvalue weighted by molar-refractivity contribution is 5.68. The van der Waals surface area contributed by atoms with Crippen molar-refractivity contribution in [3.05, 3.63) is 0 Å². The maximum atomic E-state index is 10.2. The van der Waals surface area contributed by atoms with Crippen LogP contribution in [0, 0.1) is 0 Å². The number of aliphatic carboxylic acids is 1. The fourth-order valence-corrected chi connectivity index (χ4v) is 0.670. The van der Waals surface area contributed by atoms with Gasteiger partial charge in [-0.25, -0.2) is 4.79 Å². The van der Waals surface area contributed by atoms with Gasteiger partial charge in [-0.1, -0.05) is 10.2 Å². The number of aromatic nitrogens is 4. The molecular formula is C7H12N4O3. The zero-order valence-electron chi connectivity index (χ0n) is 8.26. The molecule has 0 saturated carbocycles. The smallest absolute Gasteiger partial charge is 0.356 e. The quantitative estimate of drug-likeness (QED) is 0.732. The maximum absolute atomic E-state index is 10.2. The van der Waals surface area contributed by atoms with Gasteiger partial charge in [0.25, 0.3) is 0 Å². The van der Waals surface area contributed by atoms with Crippen LogP contribution in [-0.4, -0.2) is 37.9 Å². The molecule has 1 heterocycles. The van der Waals surface area contributed by atoms with Gasteiger partial charge in [0.2, 0.25) is 0 Å². The fourth-order valence-electron chi connectivity index (χ4n) is 0.670. The van der Waals surface area contributed by atoms with Crippen molar-refractivity contribution in [2.24, 2.45) is 0 Å². The lowest BCUT2D eigenvalue weighted by molar-refractivity contribution is -0.139. The Hall–Kier alpha value is -1.66. The molecule has 0 aromatic carbocycles. The first-order chi connectivity index (χ1) is 6.39. The third kappa shape index (κ3) is 2.68. The minimum absolute atomic E-state index is 0.0256. The van der Waals surface area contributed by atoms with E-state index in [0.717, 1.165) is 0 Å². The van der Waals surface area contributed by atoms with Crippen LogP contribution in [0.1, 0.15) is 20.8 Å². The fraction of sp³-hybridized carbons (Fsp3) is 0.714. The second-order valence-electron chi connectivity index (χ2n) is 3.71. The first-order valence-electron chi connectivity index (χ1n) is 4.04. The molecule has 7 heteroatoms. The van der Waals surface area contributed by atoms with Crippen molar-refractivity contribution >= 4 is 5.97 Å². The van der Waals surface area contributed by atoms with Crippen molar-refractivity contribution in [3.63, 3.8) is 0 Å². The first-order valence-corrected chi connectivity index (χ1v) is 4.04. The Morgan fingerprint density at radius 3 is 2.64 bits per heavy atom. The minimum atomic E-state index is -1.07. The number of carboxylic acid groups (broad SMARTS) is 1. The average molecular weight is 200 g/mol. The number of tetrazole rings is 1. The summed E-state index contributed by atoms with van der Waals surface area (Å²) >= 11 is 0. The number of carboxylic acids is 1. The molecule has 78 valence electrons. The third-order valence-corrected chi connectivity index (χ3v) is 1.32. The summed E-state index contributed by atoms with van der Waals surface area (Å²) in [5.41, 5.74) is -0.294. The van der Waals surface area contributed by atoms with E-state index in [2.05, 4.69) is 15.4 Å². The molecule has 0 radical (unpaired) electrons. The molecule has 0 unspecified atom stereocenters. The van der Waals surface area contributed by atoms with Crippen molar-refractivity contribution in [2.75, 3.05) is 6.61 Å². The Kier molecular flexibility index (Phi) is 2.68. The Morgan fingerprint density at radius 1 is 1.57 bits per heavy atom. The summed E-state index contributed by atoms with van der Waals surface area (Å²) in [6.07, 6.45) is 0. The highest BCUT2D eigenvalue weighted by Crippen LogP contribution is 2.10. The van der Waals surface area contributed by atoms with Crippen molar-refractivity contribution in [2.45, 2.75) is 26.3 Å². The van der Waals surface area contributed by atoms with Gasteiger partial charge in [0.05, 0.1) is 5.54 Å². The molecule has 0 aliphatic rings. The summed E-state index contributed by atoms with van der Waals surface area (Å²) in [5, 5.41) is 19.5. The van der Waals surface area contributed by atoms with Gasteiger partial charge in [0.15, 0.2) is 6.61 Å². The summed E-state index contributed by atoms with van der Waals surface area (Å²) in [7, 11) is 0. The Bertz CT molecular complexity index is 328. The Balaban J connectivity index is 2.64. The number of rotatable bonds is 3. The SMILES string of the molecule is CC(C)(C)n1nnc(OCC(=O)O)n1. The summed E-state index contributed by atoms with van der Waals surface area (Å²) in [4.78, 5) is 11.5. The van der Waals surface area contributed by atoms with Crippen molar-refractivity contribution in [1.29, 1.82) is 0 Å². The number of carbonyl (C=O) groups is 1. The minimum Gasteiger partial charge on any atom is -0.479 e. The molecule has 0 atom stereocenters. The number of nitrogens with zero attached hydrogens (tertiary/aromatic N) is 4. The van der Waals surface area contributed by atoms with Crippen molar-refractivity contribution < 1.29 is 14.6 Å². The van der Waals surface area contributed by atoms with Crippen LogP contribution in [0.5, 0.6) is 6.01 Å². The van der Waals surface area contributed by atoms with E-state index >= 15 is 0 Å². The zero-order chi connectivity index (χ0) is 10.8. The topological polar surface area (TPSA) is 90.1 Å². The maximum Gasteiger partial charge on any atom is 0.356 e. The number of hydrogen-bond acceptors (Lipinski definition) is 5. The van der Waals surface area contributed by atoms with Crippen LogP contribution < -0.4 is 4.74 Å².